The van der Waals surface area contributed by atoms with E-state index in [2.05, 4.69) is 9.97 Å². The van der Waals surface area contributed by atoms with E-state index in [1.165, 1.54) is 0 Å². The molecule has 48 heavy (non-hydrogen) atoms. The minimum atomic E-state index is -1.06. The van der Waals surface area contributed by atoms with Gasteiger partial charge in [-0.2, -0.15) is 0 Å². The van der Waals surface area contributed by atoms with Crippen LogP contribution in [0.2, 0.25) is 0 Å². The Labute approximate surface area is 319 Å². The normalized spacial score (nSPS) is 19.5. The van der Waals surface area contributed by atoms with Crippen molar-refractivity contribution in [2.45, 2.75) is 0 Å². The average Bonchev–Trinajstić information content (AvgIpc) is 3.38. The minimum absolute atomic E-state index is 0.447. The first kappa shape index (κ1) is 11.4. The third-order valence-corrected chi connectivity index (χ3v) is 7.36. The van der Waals surface area contributed by atoms with Crippen LogP contribution in [0.4, 0.5) is 0 Å². The summed E-state index contributed by atoms with van der Waals surface area (Å²) in [6.07, 6.45) is 0. The van der Waals surface area contributed by atoms with Gasteiger partial charge in [0.05, 0.1) is 49.8 Å². The Bertz CT molecular complexity index is 4010. The van der Waals surface area contributed by atoms with Gasteiger partial charge >= 0.3 is 0 Å². The predicted octanol–water partition coefficient (Wildman–Crippen LogP) is 12.3. The van der Waals surface area contributed by atoms with Crippen molar-refractivity contribution in [3.8, 4) is 56.2 Å². The summed E-state index contributed by atoms with van der Waals surface area (Å²) in [5, 5.41) is -3.38. The Morgan fingerprint density at radius 3 is 1.46 bits per heavy atom. The highest BCUT2D eigenvalue weighted by Gasteiger charge is 2.19. The summed E-state index contributed by atoms with van der Waals surface area (Å²) in [5.74, 6) is -0.764. The van der Waals surface area contributed by atoms with Crippen LogP contribution in [0, 0.1) is 0 Å². The van der Waals surface area contributed by atoms with Crippen LogP contribution >= 0.6 is 0 Å². The number of fused-ring (bicyclic) bond motifs is 4. The molecule has 1 aromatic heterocycles. The van der Waals surface area contributed by atoms with E-state index in [0.717, 1.165) is 12.1 Å². The molecule has 2 heteroatoms. The SMILES string of the molecule is [2H]c1c([2H])c([2H])c(-c2cc(-c3c([2H])c([2H])c(-c4c5c([2H])c([2H])c([2H])c([2H])c5c(-c5c([2H])c([2H])c([2H])c([2H])c5[2H])c5cc([2H])c6c([2H])c([2H])c([2H])c([2H])c6c45)c([2H])c3[2H])nc(-c3c([2H])c([2H])c([2H])c([2H])c3[2H])n2)c([2H])c1[2H]. The van der Waals surface area contributed by atoms with Gasteiger partial charge in [-0.15, -0.1) is 0 Å². The van der Waals surface area contributed by atoms with Gasteiger partial charge in [0.2, 0.25) is 0 Å². The van der Waals surface area contributed by atoms with Gasteiger partial charge in [-0.1, -0.05) is 175 Å². The molecule has 224 valence electrons. The summed E-state index contributed by atoms with van der Waals surface area (Å²) in [6.45, 7) is 0. The van der Waals surface area contributed by atoms with Gasteiger partial charge in [0.15, 0.2) is 5.82 Å². The molecule has 0 spiro atoms. The van der Waals surface area contributed by atoms with Gasteiger partial charge in [-0.05, 0) is 60.6 Å². The Hall–Kier alpha value is -6.38. The molecule has 0 bridgehead atoms. The van der Waals surface area contributed by atoms with E-state index in [9.17, 15) is 11.0 Å². The van der Waals surface area contributed by atoms with Crippen LogP contribution in [0.3, 0.4) is 0 Å². The molecular formula is C46H30N2. The molecule has 0 saturated carbocycles. The van der Waals surface area contributed by atoms with Crippen molar-refractivity contribution in [3.63, 3.8) is 0 Å². The highest BCUT2D eigenvalue weighted by atomic mass is 14.9. The zero-order chi connectivity index (χ0) is 56.2. The van der Waals surface area contributed by atoms with E-state index in [1.54, 1.807) is 0 Å². The van der Waals surface area contributed by atoms with Gasteiger partial charge in [0, 0.05) is 16.7 Å². The molecule has 0 atom stereocenters. The highest BCUT2D eigenvalue weighted by molar-refractivity contribution is 6.27. The fourth-order valence-electron chi connectivity index (χ4n) is 5.37. The van der Waals surface area contributed by atoms with Crippen molar-refractivity contribution >= 4 is 32.3 Å². The predicted molar refractivity (Wildman–Crippen MR) is 202 cm³/mol. The summed E-state index contributed by atoms with van der Waals surface area (Å²) < 4.78 is 248. The van der Waals surface area contributed by atoms with Crippen molar-refractivity contribution in [1.82, 2.24) is 9.97 Å². The molecule has 0 unspecified atom stereocenters. The van der Waals surface area contributed by atoms with E-state index in [-0.39, 0.29) is 0 Å². The third kappa shape index (κ3) is 4.83. The molecule has 8 aromatic carbocycles. The molecule has 0 N–H and O–H groups in total. The van der Waals surface area contributed by atoms with E-state index >= 15 is 0 Å². The average molecular weight is 639 g/mol. The summed E-state index contributed by atoms with van der Waals surface area (Å²) in [5.41, 5.74) is -5.99. The fraction of sp³-hybridized carbons (Fsp3) is 0. The van der Waals surface area contributed by atoms with Crippen LogP contribution in [0.25, 0.3) is 88.5 Å². The molecule has 1 heterocycles. The summed E-state index contributed by atoms with van der Waals surface area (Å²) in [7, 11) is 0. The molecular weight excluding hydrogens is 581 g/mol. The largest absolute Gasteiger partial charge is 0.228 e. The first-order valence-electron chi connectivity index (χ1n) is 28.0. The minimum Gasteiger partial charge on any atom is -0.228 e. The lowest BCUT2D eigenvalue weighted by atomic mass is 9.84. The standard InChI is InChI=1S/C46H30N2/c1-4-15-32(16-5-1)41-30-42(48-46(47-41)36-19-8-3-9-20-36)33-24-26-35(27-25-33)44-39-23-13-12-22-38(39)43(34-17-6-2-7-18-34)40-29-28-31-14-10-11-21-37(31)45(40)44/h1-30H/i1D,2D,3D,4D,5D,6D,7D,8D,9D,10D,11D,12D,13D,14D,15D,16D,17D,18D,19D,20D,21D,22D,23D,24D,25D,26D,27D,28D. The Kier molecular flexibility index (Phi) is 2.79. The maximum Gasteiger partial charge on any atom is 0.160 e. The van der Waals surface area contributed by atoms with Crippen molar-refractivity contribution in [3.05, 3.63) is 181 Å². The van der Waals surface area contributed by atoms with Crippen LogP contribution in [0.15, 0.2) is 181 Å². The second kappa shape index (κ2) is 11.8. The van der Waals surface area contributed by atoms with Crippen LogP contribution in [0.5, 0.6) is 0 Å². The molecule has 0 saturated heterocycles. The number of aromatic nitrogens is 2. The molecule has 9 rings (SSSR count). The van der Waals surface area contributed by atoms with E-state index in [1.807, 2.05) is 0 Å². The first-order valence-corrected chi connectivity index (χ1v) is 14.0. The Morgan fingerprint density at radius 1 is 0.354 bits per heavy atom. The zero-order valence-corrected chi connectivity index (χ0v) is 24.0. The second-order valence-corrected chi connectivity index (χ2v) is 10.0. The maximum absolute atomic E-state index is 9.75. The van der Waals surface area contributed by atoms with Crippen molar-refractivity contribution in [1.29, 1.82) is 0 Å². The molecule has 0 fully saturated rings. The quantitative estimate of drug-likeness (QED) is 0.138. The second-order valence-electron chi connectivity index (χ2n) is 10.0. The lowest BCUT2D eigenvalue weighted by Crippen LogP contribution is -1.96. The van der Waals surface area contributed by atoms with Crippen LogP contribution in [-0.2, 0) is 0 Å². The number of rotatable bonds is 5. The number of nitrogens with zero attached hydrogens (tertiary/aromatic N) is 2. The Morgan fingerprint density at radius 2 is 0.812 bits per heavy atom. The zero-order valence-electron chi connectivity index (χ0n) is 52.0. The van der Waals surface area contributed by atoms with E-state index < -0.39 is 258 Å². The van der Waals surface area contributed by atoms with E-state index in [0.29, 0.717) is 0 Å². The molecule has 0 radical (unpaired) electrons. The number of benzene rings is 8. The molecule has 0 amide bonds. The van der Waals surface area contributed by atoms with Crippen LogP contribution < -0.4 is 0 Å². The highest BCUT2D eigenvalue weighted by Crippen LogP contribution is 2.46. The fourth-order valence-corrected chi connectivity index (χ4v) is 5.37. The number of hydrogen-bond acceptors (Lipinski definition) is 2. The Balaban J connectivity index is 1.54. The molecule has 0 aliphatic heterocycles. The molecule has 0 aliphatic rings. The number of hydrogen-bond donors (Lipinski definition) is 0. The smallest absolute Gasteiger partial charge is 0.160 e. The first-order chi connectivity index (χ1) is 35.4. The summed E-state index contributed by atoms with van der Waals surface area (Å²) in [6, 6.07) is -23.1. The lowest BCUT2D eigenvalue weighted by Gasteiger charge is -2.19. The summed E-state index contributed by atoms with van der Waals surface area (Å²) >= 11 is 0. The van der Waals surface area contributed by atoms with Gasteiger partial charge in [0.1, 0.15) is 0 Å². The van der Waals surface area contributed by atoms with E-state index in [4.69, 9.17) is 27.4 Å². The summed E-state index contributed by atoms with van der Waals surface area (Å²) in [4.78, 5) is 8.65. The van der Waals surface area contributed by atoms with Crippen molar-refractivity contribution in [2.75, 3.05) is 0 Å². The van der Waals surface area contributed by atoms with Crippen LogP contribution in [0.1, 0.15) is 38.4 Å². The van der Waals surface area contributed by atoms with Crippen molar-refractivity contribution < 1.29 is 38.4 Å². The topological polar surface area (TPSA) is 25.8 Å². The van der Waals surface area contributed by atoms with Crippen LogP contribution in [-0.4, -0.2) is 9.97 Å². The van der Waals surface area contributed by atoms with Crippen molar-refractivity contribution in [2.24, 2.45) is 0 Å². The monoisotopic (exact) mass is 638 g/mol. The third-order valence-electron chi connectivity index (χ3n) is 7.36. The van der Waals surface area contributed by atoms with Gasteiger partial charge in [-0.25, -0.2) is 9.97 Å². The molecule has 0 aliphatic carbocycles. The van der Waals surface area contributed by atoms with Gasteiger partial charge in [0.25, 0.3) is 0 Å². The van der Waals surface area contributed by atoms with Gasteiger partial charge < -0.3 is 0 Å². The maximum atomic E-state index is 9.75. The molecule has 9 aromatic rings. The van der Waals surface area contributed by atoms with Gasteiger partial charge in [-0.3, -0.25) is 0 Å². The molecule has 2 nitrogen and oxygen atoms in total. The lowest BCUT2D eigenvalue weighted by molar-refractivity contribution is 1.18.